The number of allylic oxidation sites excluding steroid dienone is 1. The van der Waals surface area contributed by atoms with Crippen molar-refractivity contribution in [3.8, 4) is 0 Å². The minimum Gasteiger partial charge on any atom is -0.382 e. The van der Waals surface area contributed by atoms with Crippen LogP contribution in [0.1, 0.15) is 65.2 Å². The first kappa shape index (κ1) is 18.4. The van der Waals surface area contributed by atoms with Crippen molar-refractivity contribution in [3.05, 3.63) is 11.6 Å². The minimum atomic E-state index is -0.172. The van der Waals surface area contributed by atoms with E-state index in [1.807, 2.05) is 7.11 Å². The zero-order valence-electron chi connectivity index (χ0n) is 16.5. The van der Waals surface area contributed by atoms with Gasteiger partial charge in [0, 0.05) is 7.11 Å². The lowest BCUT2D eigenvalue weighted by atomic mass is 9.47. The van der Waals surface area contributed by atoms with E-state index in [1.54, 1.807) is 17.3 Å². The van der Waals surface area contributed by atoms with Crippen molar-refractivity contribution >= 4 is 11.8 Å². The first-order valence-corrected chi connectivity index (χ1v) is 11.7. The van der Waals surface area contributed by atoms with Gasteiger partial charge in [-0.3, -0.25) is 0 Å². The minimum absolute atomic E-state index is 0.172. The SMILES string of the molecule is COC1CCC2(C)C(=CCC3C2CCC2(C)C(C(O)SC)CCC32)C1. The number of rotatable bonds is 3. The molecule has 4 aliphatic carbocycles. The van der Waals surface area contributed by atoms with Gasteiger partial charge in [0.1, 0.15) is 5.44 Å². The van der Waals surface area contributed by atoms with Gasteiger partial charge >= 0.3 is 0 Å². The first-order chi connectivity index (χ1) is 11.9. The van der Waals surface area contributed by atoms with Crippen LogP contribution in [0.2, 0.25) is 0 Å². The Morgan fingerprint density at radius 1 is 1.16 bits per heavy atom. The molecule has 142 valence electrons. The van der Waals surface area contributed by atoms with Crippen LogP contribution < -0.4 is 0 Å². The van der Waals surface area contributed by atoms with Gasteiger partial charge in [-0.05, 0) is 92.1 Å². The molecule has 0 spiro atoms. The highest BCUT2D eigenvalue weighted by molar-refractivity contribution is 7.99. The second kappa shape index (κ2) is 6.56. The lowest BCUT2D eigenvalue weighted by Gasteiger charge is -2.58. The quantitative estimate of drug-likeness (QED) is 0.547. The fraction of sp³-hybridized carbons (Fsp3) is 0.909. The first-order valence-electron chi connectivity index (χ1n) is 10.4. The van der Waals surface area contributed by atoms with Crippen LogP contribution in [-0.2, 0) is 4.74 Å². The van der Waals surface area contributed by atoms with Crippen molar-refractivity contribution in [3.63, 3.8) is 0 Å². The predicted molar refractivity (Wildman–Crippen MR) is 106 cm³/mol. The van der Waals surface area contributed by atoms with Crippen LogP contribution in [0, 0.1) is 34.5 Å². The smallest absolute Gasteiger partial charge is 0.102 e. The molecule has 8 unspecified atom stereocenters. The van der Waals surface area contributed by atoms with E-state index in [4.69, 9.17) is 4.74 Å². The zero-order valence-corrected chi connectivity index (χ0v) is 17.3. The summed E-state index contributed by atoms with van der Waals surface area (Å²) in [5, 5.41) is 10.6. The molecular weight excluding hydrogens is 328 g/mol. The van der Waals surface area contributed by atoms with E-state index < -0.39 is 0 Å². The van der Waals surface area contributed by atoms with E-state index in [9.17, 15) is 5.11 Å². The van der Waals surface area contributed by atoms with Gasteiger partial charge in [-0.15, -0.1) is 11.8 Å². The van der Waals surface area contributed by atoms with Crippen molar-refractivity contribution in [2.24, 2.45) is 34.5 Å². The van der Waals surface area contributed by atoms with Crippen molar-refractivity contribution in [1.82, 2.24) is 0 Å². The van der Waals surface area contributed by atoms with E-state index in [1.165, 1.54) is 44.9 Å². The number of aliphatic hydroxyl groups excluding tert-OH is 1. The molecule has 2 nitrogen and oxygen atoms in total. The van der Waals surface area contributed by atoms with E-state index in [2.05, 4.69) is 26.2 Å². The Balaban J connectivity index is 1.61. The highest BCUT2D eigenvalue weighted by Crippen LogP contribution is 2.67. The summed E-state index contributed by atoms with van der Waals surface area (Å²) in [5.74, 6) is 3.00. The molecule has 0 amide bonds. The summed E-state index contributed by atoms with van der Waals surface area (Å²) in [6, 6.07) is 0. The van der Waals surface area contributed by atoms with Gasteiger partial charge in [0.2, 0.25) is 0 Å². The number of methoxy groups -OCH3 is 1. The molecule has 0 aromatic rings. The summed E-state index contributed by atoms with van der Waals surface area (Å²) in [4.78, 5) is 0. The van der Waals surface area contributed by atoms with Crippen LogP contribution in [0.15, 0.2) is 11.6 Å². The molecule has 4 rings (SSSR count). The maximum atomic E-state index is 10.6. The number of hydrogen-bond donors (Lipinski definition) is 1. The molecule has 4 aliphatic rings. The molecule has 0 heterocycles. The fourth-order valence-electron chi connectivity index (χ4n) is 7.50. The fourth-order valence-corrected chi connectivity index (χ4v) is 8.28. The number of aliphatic hydroxyl groups is 1. The van der Waals surface area contributed by atoms with E-state index in [0.717, 1.165) is 24.2 Å². The number of fused-ring (bicyclic) bond motifs is 5. The van der Waals surface area contributed by atoms with Gasteiger partial charge in [-0.1, -0.05) is 25.5 Å². The van der Waals surface area contributed by atoms with Crippen molar-refractivity contribution in [1.29, 1.82) is 0 Å². The summed E-state index contributed by atoms with van der Waals surface area (Å²) in [6.45, 7) is 5.07. The summed E-state index contributed by atoms with van der Waals surface area (Å²) in [7, 11) is 1.88. The number of thioether (sulfide) groups is 1. The Kier molecular flexibility index (Phi) is 4.82. The average Bonchev–Trinajstić information content (AvgIpc) is 2.97. The molecule has 1 N–H and O–H groups in total. The molecule has 8 atom stereocenters. The Hall–Kier alpha value is 0.01000. The van der Waals surface area contributed by atoms with Gasteiger partial charge in [0.25, 0.3) is 0 Å². The Bertz CT molecular complexity index is 546. The highest BCUT2D eigenvalue weighted by Gasteiger charge is 2.59. The van der Waals surface area contributed by atoms with E-state index in [0.29, 0.717) is 22.9 Å². The Morgan fingerprint density at radius 3 is 2.68 bits per heavy atom. The summed E-state index contributed by atoms with van der Waals surface area (Å²) >= 11 is 1.66. The largest absolute Gasteiger partial charge is 0.382 e. The molecule has 25 heavy (non-hydrogen) atoms. The molecule has 0 aliphatic heterocycles. The van der Waals surface area contributed by atoms with Gasteiger partial charge < -0.3 is 9.84 Å². The molecule has 3 saturated carbocycles. The molecule has 0 saturated heterocycles. The lowest BCUT2D eigenvalue weighted by Crippen LogP contribution is -2.51. The molecular formula is C22H36O2S. The molecule has 3 fully saturated rings. The zero-order chi connectivity index (χ0) is 17.8. The summed E-state index contributed by atoms with van der Waals surface area (Å²) in [6.07, 6.45) is 15.3. The highest BCUT2D eigenvalue weighted by atomic mass is 32.2. The van der Waals surface area contributed by atoms with Gasteiger partial charge in [0.15, 0.2) is 0 Å². The molecule has 0 bridgehead atoms. The molecule has 3 heteroatoms. The maximum absolute atomic E-state index is 10.6. The maximum Gasteiger partial charge on any atom is 0.102 e. The average molecular weight is 365 g/mol. The van der Waals surface area contributed by atoms with Crippen LogP contribution >= 0.6 is 11.8 Å². The van der Waals surface area contributed by atoms with E-state index in [-0.39, 0.29) is 5.44 Å². The van der Waals surface area contributed by atoms with Crippen molar-refractivity contribution in [2.45, 2.75) is 76.8 Å². The molecule has 0 aromatic heterocycles. The topological polar surface area (TPSA) is 29.5 Å². The summed E-state index contributed by atoms with van der Waals surface area (Å²) in [5.41, 5.74) is 2.30. The molecule has 0 radical (unpaired) electrons. The van der Waals surface area contributed by atoms with Gasteiger partial charge in [-0.25, -0.2) is 0 Å². The normalized spacial score (nSPS) is 50.4. The number of ether oxygens (including phenoxy) is 1. The van der Waals surface area contributed by atoms with Crippen molar-refractivity contribution < 1.29 is 9.84 Å². The van der Waals surface area contributed by atoms with Crippen molar-refractivity contribution in [2.75, 3.05) is 13.4 Å². The molecule has 0 aromatic carbocycles. The standard InChI is InChI=1S/C22H36O2S/c1-21-11-9-15(24-3)13-14(21)5-6-16-17-7-8-19(20(23)25-4)22(17,2)12-10-18(16)21/h5,15-20,23H,6-13H2,1-4H3. The van der Waals surface area contributed by atoms with Crippen LogP contribution in [0.3, 0.4) is 0 Å². The van der Waals surface area contributed by atoms with Gasteiger partial charge in [0.05, 0.1) is 6.10 Å². The Morgan fingerprint density at radius 2 is 1.96 bits per heavy atom. The lowest BCUT2D eigenvalue weighted by molar-refractivity contribution is -0.0621. The third kappa shape index (κ3) is 2.67. The second-order valence-electron chi connectivity index (χ2n) is 9.71. The van der Waals surface area contributed by atoms with Gasteiger partial charge in [-0.2, -0.15) is 0 Å². The van der Waals surface area contributed by atoms with E-state index >= 15 is 0 Å². The summed E-state index contributed by atoms with van der Waals surface area (Å²) < 4.78 is 5.69. The third-order valence-electron chi connectivity index (χ3n) is 9.05. The number of hydrogen-bond acceptors (Lipinski definition) is 3. The van der Waals surface area contributed by atoms with Crippen LogP contribution in [-0.4, -0.2) is 30.0 Å². The van der Waals surface area contributed by atoms with Crippen LogP contribution in [0.4, 0.5) is 0 Å². The second-order valence-corrected chi connectivity index (χ2v) is 10.7. The Labute approximate surface area is 158 Å². The van der Waals surface area contributed by atoms with Crippen LogP contribution in [0.5, 0.6) is 0 Å². The van der Waals surface area contributed by atoms with Crippen LogP contribution in [0.25, 0.3) is 0 Å². The predicted octanol–water partition coefficient (Wildman–Crippen LogP) is 5.26. The third-order valence-corrected chi connectivity index (χ3v) is 9.86. The monoisotopic (exact) mass is 364 g/mol.